The lowest BCUT2D eigenvalue weighted by atomic mass is 9.92. The first-order valence-corrected chi connectivity index (χ1v) is 12.2. The van der Waals surface area contributed by atoms with Gasteiger partial charge in [0.05, 0.1) is 12.6 Å². The molecule has 5 rings (SSSR count). The number of halogens is 2. The summed E-state index contributed by atoms with van der Waals surface area (Å²) in [5.74, 6) is 2.13. The van der Waals surface area contributed by atoms with Gasteiger partial charge in [0.2, 0.25) is 5.95 Å². The summed E-state index contributed by atoms with van der Waals surface area (Å²) in [6.45, 7) is 6.18. The third-order valence-electron chi connectivity index (χ3n) is 6.76. The van der Waals surface area contributed by atoms with Crippen LogP contribution in [0.1, 0.15) is 25.5 Å². The van der Waals surface area contributed by atoms with Gasteiger partial charge < -0.3 is 19.7 Å². The lowest BCUT2D eigenvalue weighted by molar-refractivity contribution is 0.0973. The van der Waals surface area contributed by atoms with Crippen LogP contribution < -0.4 is 15.0 Å². The second-order valence-corrected chi connectivity index (χ2v) is 9.78. The van der Waals surface area contributed by atoms with Gasteiger partial charge in [-0.3, -0.25) is 0 Å². The van der Waals surface area contributed by atoms with E-state index in [0.717, 1.165) is 37.4 Å². The Morgan fingerprint density at radius 2 is 1.94 bits per heavy atom. The molecule has 1 saturated heterocycles. The third kappa shape index (κ3) is 5.33. The van der Waals surface area contributed by atoms with Crippen LogP contribution in [0.4, 0.5) is 16.2 Å². The highest BCUT2D eigenvalue weighted by Crippen LogP contribution is 2.40. The number of nitrogens with zero attached hydrogens (tertiary/aromatic N) is 6. The van der Waals surface area contributed by atoms with E-state index in [9.17, 15) is 4.39 Å². The highest BCUT2D eigenvalue weighted by atomic mass is 35.5. The molecule has 0 amide bonds. The van der Waals surface area contributed by atoms with Gasteiger partial charge in [-0.15, -0.1) is 5.10 Å². The predicted octanol–water partition coefficient (Wildman–Crippen LogP) is 4.32. The SMILES string of the molecule is COC(C)Cn1nc(N[C@H]2[C@@H]3CC[C@H]2CN(c2cc(C)ncn2)C3)nc1Oc1cc(F)cc(Cl)c1. The summed E-state index contributed by atoms with van der Waals surface area (Å²) in [4.78, 5) is 15.6. The number of nitrogens with one attached hydrogen (secondary N) is 1. The Morgan fingerprint density at radius 1 is 1.17 bits per heavy atom. The molecule has 3 aromatic rings. The summed E-state index contributed by atoms with van der Waals surface area (Å²) < 4.78 is 26.8. The van der Waals surface area contributed by atoms with Crippen molar-refractivity contribution in [2.24, 2.45) is 11.8 Å². The van der Waals surface area contributed by atoms with Crippen molar-refractivity contribution in [1.82, 2.24) is 24.7 Å². The van der Waals surface area contributed by atoms with Crippen LogP contribution in [0.25, 0.3) is 0 Å². The monoisotopic (exact) mass is 501 g/mol. The molecule has 4 atom stereocenters. The lowest BCUT2D eigenvalue weighted by Gasteiger charge is -2.38. The van der Waals surface area contributed by atoms with Crippen LogP contribution in [0.2, 0.25) is 5.02 Å². The van der Waals surface area contributed by atoms with Gasteiger partial charge in [0, 0.05) is 49.1 Å². The highest BCUT2D eigenvalue weighted by molar-refractivity contribution is 6.30. The summed E-state index contributed by atoms with van der Waals surface area (Å²) in [6.07, 6.45) is 3.78. The van der Waals surface area contributed by atoms with Crippen molar-refractivity contribution in [2.75, 3.05) is 30.4 Å². The highest BCUT2D eigenvalue weighted by Gasteiger charge is 2.43. The predicted molar refractivity (Wildman–Crippen MR) is 131 cm³/mol. The Morgan fingerprint density at radius 3 is 2.63 bits per heavy atom. The van der Waals surface area contributed by atoms with Gasteiger partial charge >= 0.3 is 6.01 Å². The standard InChI is InChI=1S/C24H29ClFN7O2/c1-14-6-21(28-13-27-14)32-11-16-4-5-17(12-32)22(16)29-23-30-24(33(31-23)10-15(2)34-3)35-20-8-18(25)7-19(26)9-20/h6-9,13,15-17,22H,4-5,10-12H2,1-3H3,(H,29,31)/t15?,16-,17+,22+. The third-order valence-corrected chi connectivity index (χ3v) is 6.98. The van der Waals surface area contributed by atoms with Gasteiger partial charge in [-0.1, -0.05) is 11.6 Å². The van der Waals surface area contributed by atoms with Gasteiger partial charge in [-0.05, 0) is 50.7 Å². The number of benzene rings is 1. The molecule has 0 spiro atoms. The van der Waals surface area contributed by atoms with E-state index < -0.39 is 5.82 Å². The maximum atomic E-state index is 13.8. The smallest absolute Gasteiger partial charge is 0.322 e. The Bertz CT molecular complexity index is 1160. The van der Waals surface area contributed by atoms with Crippen molar-refractivity contribution in [2.45, 2.75) is 45.4 Å². The Hall–Kier alpha value is -2.98. The van der Waals surface area contributed by atoms with E-state index in [0.29, 0.717) is 24.3 Å². The van der Waals surface area contributed by atoms with Crippen LogP contribution in [0.3, 0.4) is 0 Å². The molecular weight excluding hydrogens is 473 g/mol. The molecule has 11 heteroatoms. The van der Waals surface area contributed by atoms with Crippen LogP contribution in [0, 0.1) is 24.6 Å². The first-order chi connectivity index (χ1) is 16.9. The molecule has 0 radical (unpaired) electrons. The van der Waals surface area contributed by atoms with E-state index in [1.54, 1.807) is 24.2 Å². The van der Waals surface area contributed by atoms with Gasteiger partial charge in [-0.25, -0.2) is 19.0 Å². The van der Waals surface area contributed by atoms with Crippen LogP contribution in [-0.4, -0.2) is 57.1 Å². The van der Waals surface area contributed by atoms with Crippen LogP contribution in [0.5, 0.6) is 11.8 Å². The fourth-order valence-electron chi connectivity index (χ4n) is 5.00. The first kappa shape index (κ1) is 23.7. The normalized spacial score (nSPS) is 22.3. The van der Waals surface area contributed by atoms with Crippen molar-refractivity contribution in [3.63, 3.8) is 0 Å². The molecule has 1 aromatic carbocycles. The summed E-state index contributed by atoms with van der Waals surface area (Å²) in [5, 5.41) is 8.46. The molecule has 1 unspecified atom stereocenters. The maximum absolute atomic E-state index is 13.8. The number of fused-ring (bicyclic) bond motifs is 2. The van der Waals surface area contributed by atoms with Gasteiger partial charge in [0.1, 0.15) is 23.7 Å². The molecule has 1 N–H and O–H groups in total. The summed E-state index contributed by atoms with van der Waals surface area (Å²) in [5.41, 5.74) is 0.967. The zero-order valence-corrected chi connectivity index (χ0v) is 20.7. The summed E-state index contributed by atoms with van der Waals surface area (Å²) >= 11 is 5.99. The minimum atomic E-state index is -0.482. The van der Waals surface area contributed by atoms with Crippen molar-refractivity contribution < 1.29 is 13.9 Å². The van der Waals surface area contributed by atoms with Gasteiger partial charge in [0.25, 0.3) is 0 Å². The average Bonchev–Trinajstić information content (AvgIpc) is 3.27. The molecule has 1 saturated carbocycles. The van der Waals surface area contributed by atoms with E-state index in [4.69, 9.17) is 21.1 Å². The number of rotatable bonds is 8. The summed E-state index contributed by atoms with van der Waals surface area (Å²) in [7, 11) is 1.64. The second kappa shape index (κ2) is 9.94. The van der Waals surface area contributed by atoms with Gasteiger partial charge in [0.15, 0.2) is 0 Å². The van der Waals surface area contributed by atoms with Crippen molar-refractivity contribution >= 4 is 23.4 Å². The van der Waals surface area contributed by atoms with Crippen molar-refractivity contribution in [3.8, 4) is 11.8 Å². The maximum Gasteiger partial charge on any atom is 0.322 e. The average molecular weight is 502 g/mol. The first-order valence-electron chi connectivity index (χ1n) is 11.8. The van der Waals surface area contributed by atoms with Gasteiger partial charge in [-0.2, -0.15) is 4.98 Å². The number of hydrogen-bond donors (Lipinski definition) is 1. The fourth-order valence-corrected chi connectivity index (χ4v) is 5.21. The van der Waals surface area contributed by atoms with Crippen LogP contribution in [0.15, 0.2) is 30.6 Å². The second-order valence-electron chi connectivity index (χ2n) is 9.34. The Kier molecular flexibility index (Phi) is 6.75. The Labute approximate surface area is 208 Å². The molecule has 1 aliphatic carbocycles. The topological polar surface area (TPSA) is 90.2 Å². The number of hydrogen-bond acceptors (Lipinski definition) is 8. The van der Waals surface area contributed by atoms with E-state index in [1.807, 2.05) is 19.9 Å². The molecule has 9 nitrogen and oxygen atoms in total. The fraction of sp³-hybridized carbons (Fsp3) is 0.500. The van der Waals surface area contributed by atoms with E-state index in [2.05, 4.69) is 30.3 Å². The zero-order chi connectivity index (χ0) is 24.5. The number of aromatic nitrogens is 5. The van der Waals surface area contributed by atoms with E-state index in [-0.39, 0.29) is 28.9 Å². The van der Waals surface area contributed by atoms with Crippen LogP contribution in [-0.2, 0) is 11.3 Å². The number of methoxy groups -OCH3 is 1. The minimum absolute atomic E-state index is 0.112. The Balaban J connectivity index is 1.34. The molecule has 1 aliphatic heterocycles. The molecule has 35 heavy (non-hydrogen) atoms. The van der Waals surface area contributed by atoms with E-state index in [1.165, 1.54) is 12.1 Å². The zero-order valence-electron chi connectivity index (χ0n) is 20.0. The number of anilines is 2. The lowest BCUT2D eigenvalue weighted by Crippen LogP contribution is -2.48. The molecule has 2 fully saturated rings. The molecule has 2 bridgehead atoms. The van der Waals surface area contributed by atoms with Crippen molar-refractivity contribution in [1.29, 1.82) is 0 Å². The number of piperidine rings is 1. The molecule has 2 aromatic heterocycles. The molecule has 3 heterocycles. The van der Waals surface area contributed by atoms with Crippen LogP contribution >= 0.6 is 11.6 Å². The largest absolute Gasteiger partial charge is 0.424 e. The quantitative estimate of drug-likeness (QED) is 0.488. The number of aryl methyl sites for hydroxylation is 1. The minimum Gasteiger partial charge on any atom is -0.424 e. The molecule has 186 valence electrons. The van der Waals surface area contributed by atoms with E-state index >= 15 is 0 Å². The van der Waals surface area contributed by atoms with Crippen molar-refractivity contribution in [3.05, 3.63) is 47.1 Å². The number of ether oxygens (including phenoxy) is 2. The molecular formula is C24H29ClFN7O2. The molecule has 2 aliphatic rings. The summed E-state index contributed by atoms with van der Waals surface area (Å²) in [6, 6.07) is 6.57.